The van der Waals surface area contributed by atoms with E-state index in [4.69, 9.17) is 11.6 Å². The van der Waals surface area contributed by atoms with E-state index in [1.165, 1.54) is 13.1 Å². The maximum Gasteiger partial charge on any atom is 0.259 e. The highest BCUT2D eigenvalue weighted by molar-refractivity contribution is 6.30. The largest absolute Gasteiger partial charge is 0.347 e. The molecule has 1 aromatic carbocycles. The van der Waals surface area contributed by atoms with E-state index >= 15 is 0 Å². The van der Waals surface area contributed by atoms with Crippen molar-refractivity contribution in [2.75, 3.05) is 18.4 Å². The molecule has 2 N–H and O–H groups in total. The van der Waals surface area contributed by atoms with Crippen LogP contribution in [0.3, 0.4) is 0 Å². The fraction of sp³-hybridized carbons (Fsp3) is 0.381. The van der Waals surface area contributed by atoms with Gasteiger partial charge in [0.05, 0.1) is 23.8 Å². The number of carbonyl (C=O) groups excluding carboxylic acids is 3. The predicted octanol–water partition coefficient (Wildman–Crippen LogP) is 2.88. The van der Waals surface area contributed by atoms with Crippen molar-refractivity contribution in [1.29, 1.82) is 0 Å². The van der Waals surface area contributed by atoms with Crippen LogP contribution in [-0.4, -0.2) is 45.7 Å². The Morgan fingerprint density at radius 1 is 1.20 bits per heavy atom. The summed E-state index contributed by atoms with van der Waals surface area (Å²) < 4.78 is 0. The Hall–Kier alpha value is -3.00. The van der Waals surface area contributed by atoms with Gasteiger partial charge in [-0.2, -0.15) is 0 Å². The molecule has 1 saturated heterocycles. The van der Waals surface area contributed by atoms with Crippen LogP contribution in [-0.2, 0) is 9.59 Å². The van der Waals surface area contributed by atoms with Crippen LogP contribution in [0, 0.1) is 6.92 Å². The minimum absolute atomic E-state index is 0.0492. The highest BCUT2D eigenvalue weighted by atomic mass is 35.5. The van der Waals surface area contributed by atoms with Crippen LogP contribution < -0.4 is 10.6 Å². The van der Waals surface area contributed by atoms with Gasteiger partial charge in [0, 0.05) is 30.4 Å². The first-order chi connectivity index (χ1) is 14.3. The van der Waals surface area contributed by atoms with E-state index in [-0.39, 0.29) is 30.3 Å². The third-order valence-electron chi connectivity index (χ3n) is 4.95. The summed E-state index contributed by atoms with van der Waals surface area (Å²) in [6.45, 7) is 3.66. The topological polar surface area (TPSA) is 104 Å². The van der Waals surface area contributed by atoms with Crippen molar-refractivity contribution in [1.82, 2.24) is 20.2 Å². The Kier molecular flexibility index (Phi) is 6.99. The number of amides is 3. The van der Waals surface area contributed by atoms with Crippen molar-refractivity contribution in [2.24, 2.45) is 0 Å². The van der Waals surface area contributed by atoms with E-state index in [0.717, 1.165) is 19.3 Å². The number of anilines is 1. The molecule has 1 aliphatic rings. The first-order valence-electron chi connectivity index (χ1n) is 9.79. The quantitative estimate of drug-likeness (QED) is 0.760. The molecule has 1 aliphatic heterocycles. The van der Waals surface area contributed by atoms with Gasteiger partial charge in [0.2, 0.25) is 11.8 Å². The molecule has 3 amide bonds. The molecule has 0 bridgehead atoms. The minimum Gasteiger partial charge on any atom is -0.347 e. The highest BCUT2D eigenvalue weighted by Crippen LogP contribution is 2.29. The Labute approximate surface area is 180 Å². The molecule has 9 heteroatoms. The molecule has 0 aliphatic carbocycles. The van der Waals surface area contributed by atoms with Crippen LogP contribution in [0.1, 0.15) is 54.1 Å². The number of benzene rings is 1. The smallest absolute Gasteiger partial charge is 0.259 e. The second-order valence-electron chi connectivity index (χ2n) is 7.20. The summed E-state index contributed by atoms with van der Waals surface area (Å²) in [4.78, 5) is 46.9. The summed E-state index contributed by atoms with van der Waals surface area (Å²) in [5.74, 6) is -0.226. The molecule has 1 unspecified atom stereocenters. The zero-order valence-electron chi connectivity index (χ0n) is 16.9. The molecule has 1 atom stereocenters. The number of aromatic nitrogens is 2. The molecule has 0 radical (unpaired) electrons. The number of carbonyl (C=O) groups is 3. The number of nitrogens with zero attached hydrogens (tertiary/aromatic N) is 3. The highest BCUT2D eigenvalue weighted by Gasteiger charge is 2.30. The molecule has 30 heavy (non-hydrogen) atoms. The lowest BCUT2D eigenvalue weighted by Crippen LogP contribution is -2.44. The molecule has 1 fully saturated rings. The molecule has 2 heterocycles. The normalized spacial score (nSPS) is 16.1. The zero-order chi connectivity index (χ0) is 21.7. The summed E-state index contributed by atoms with van der Waals surface area (Å²) in [6, 6.07) is 6.54. The van der Waals surface area contributed by atoms with E-state index in [9.17, 15) is 14.4 Å². The number of likely N-dealkylation sites (tertiary alicyclic amines) is 1. The van der Waals surface area contributed by atoms with Gasteiger partial charge in [0.25, 0.3) is 5.91 Å². The van der Waals surface area contributed by atoms with E-state index < -0.39 is 0 Å². The number of rotatable bonds is 5. The van der Waals surface area contributed by atoms with Gasteiger partial charge in [-0.3, -0.25) is 14.4 Å². The van der Waals surface area contributed by atoms with Crippen molar-refractivity contribution in [3.8, 4) is 0 Å². The molecule has 0 saturated carbocycles. The average Bonchev–Trinajstić information content (AvgIpc) is 2.73. The van der Waals surface area contributed by atoms with Crippen molar-refractivity contribution >= 4 is 35.0 Å². The summed E-state index contributed by atoms with van der Waals surface area (Å²) in [7, 11) is 0. The number of nitrogens with one attached hydrogen (secondary N) is 2. The molecule has 2 aromatic rings. The number of hydrogen-bond donors (Lipinski definition) is 2. The fourth-order valence-electron chi connectivity index (χ4n) is 3.40. The lowest BCUT2D eigenvalue weighted by Gasteiger charge is -2.35. The maximum absolute atomic E-state index is 12.6. The minimum atomic E-state index is -0.316. The van der Waals surface area contributed by atoms with Crippen LogP contribution in [0.5, 0.6) is 0 Å². The van der Waals surface area contributed by atoms with Crippen LogP contribution in [0.15, 0.2) is 30.5 Å². The van der Waals surface area contributed by atoms with E-state index in [1.807, 2.05) is 0 Å². The standard InChI is InChI=1S/C21H24ClN5O3/c1-13-17(21(30)26-16-8-6-15(22)7-9-16)11-24-20(25-13)18-5-3-4-10-27(18)19(29)12-23-14(2)28/h6-9,11,18H,3-5,10,12H2,1-2H3,(H,23,28)(H,26,30). The maximum atomic E-state index is 12.6. The van der Waals surface area contributed by atoms with Gasteiger partial charge in [0.1, 0.15) is 0 Å². The van der Waals surface area contributed by atoms with Gasteiger partial charge in [0.15, 0.2) is 5.82 Å². The van der Waals surface area contributed by atoms with Crippen LogP contribution in [0.4, 0.5) is 5.69 Å². The van der Waals surface area contributed by atoms with Crippen molar-refractivity contribution in [2.45, 2.75) is 39.2 Å². The Bertz CT molecular complexity index is 948. The average molecular weight is 430 g/mol. The van der Waals surface area contributed by atoms with Gasteiger partial charge < -0.3 is 15.5 Å². The van der Waals surface area contributed by atoms with E-state index in [0.29, 0.717) is 34.3 Å². The molecule has 3 rings (SSSR count). The monoisotopic (exact) mass is 429 g/mol. The number of halogens is 1. The number of aryl methyl sites for hydroxylation is 1. The van der Waals surface area contributed by atoms with Gasteiger partial charge in [-0.25, -0.2) is 9.97 Å². The van der Waals surface area contributed by atoms with E-state index in [2.05, 4.69) is 20.6 Å². The molecule has 0 spiro atoms. The van der Waals surface area contributed by atoms with Gasteiger partial charge >= 0.3 is 0 Å². The van der Waals surface area contributed by atoms with Crippen molar-refractivity contribution in [3.63, 3.8) is 0 Å². The van der Waals surface area contributed by atoms with Crippen LogP contribution in [0.25, 0.3) is 0 Å². The molecular formula is C21H24ClN5O3. The SMILES string of the molecule is CC(=O)NCC(=O)N1CCCCC1c1ncc(C(=O)Nc2ccc(Cl)cc2)c(C)n1. The van der Waals surface area contributed by atoms with Gasteiger partial charge in [-0.05, 0) is 50.5 Å². The third kappa shape index (κ3) is 5.33. The van der Waals surface area contributed by atoms with Gasteiger partial charge in [-0.15, -0.1) is 0 Å². The summed E-state index contributed by atoms with van der Waals surface area (Å²) >= 11 is 5.87. The van der Waals surface area contributed by atoms with E-state index in [1.54, 1.807) is 36.1 Å². The van der Waals surface area contributed by atoms with Crippen LogP contribution in [0.2, 0.25) is 5.02 Å². The third-order valence-corrected chi connectivity index (χ3v) is 5.21. The first kappa shape index (κ1) is 21.7. The Morgan fingerprint density at radius 3 is 2.60 bits per heavy atom. The first-order valence-corrected chi connectivity index (χ1v) is 10.2. The molecular weight excluding hydrogens is 406 g/mol. The number of piperidine rings is 1. The predicted molar refractivity (Wildman–Crippen MR) is 113 cm³/mol. The zero-order valence-corrected chi connectivity index (χ0v) is 17.7. The summed E-state index contributed by atoms with van der Waals surface area (Å²) in [5.41, 5.74) is 1.52. The summed E-state index contributed by atoms with van der Waals surface area (Å²) in [6.07, 6.45) is 4.08. The molecule has 1 aromatic heterocycles. The van der Waals surface area contributed by atoms with Crippen molar-refractivity contribution in [3.05, 3.63) is 52.6 Å². The fourth-order valence-corrected chi connectivity index (χ4v) is 3.53. The summed E-state index contributed by atoms with van der Waals surface area (Å²) in [5, 5.41) is 5.93. The van der Waals surface area contributed by atoms with Gasteiger partial charge in [-0.1, -0.05) is 11.6 Å². The Balaban J connectivity index is 1.75. The second-order valence-corrected chi connectivity index (χ2v) is 7.63. The molecule has 158 valence electrons. The van der Waals surface area contributed by atoms with Crippen molar-refractivity contribution < 1.29 is 14.4 Å². The Morgan fingerprint density at radius 2 is 1.93 bits per heavy atom. The molecule has 8 nitrogen and oxygen atoms in total. The second kappa shape index (κ2) is 9.67. The lowest BCUT2D eigenvalue weighted by molar-refractivity contribution is -0.136. The lowest BCUT2D eigenvalue weighted by atomic mass is 10.0. The van der Waals surface area contributed by atoms with Crippen LogP contribution >= 0.6 is 11.6 Å². The number of hydrogen-bond acceptors (Lipinski definition) is 5.